The minimum absolute atomic E-state index is 0.228. The number of ketones is 2. The smallest absolute Gasteiger partial charge is 0.430 e. The standard InChI is InChI=1S/C56H96Cl6O14SSi2/c1-19-29-33-41(47(75-78(23-5,24-6)25-7)53(15,16)45(63)39(13)43(37(11)31-21-3)71-51(67)69-35-55(57,58)59)49(65)73-77-74-50(66)42(34-30-20-2)48(76-79(26-8,27-9)28-10)54(17,18)46(64)40(14)44(38(12)32-22-4)72-52(68)70-36-56(60,61)62/h21-22,37-44,47-48H,3-4,19-20,23-36H2,1-2,5-18H3/t37-,38-,39+,40+,41?,42?,43-,44-,47+,48+/m0/s1. The van der Waals surface area contributed by atoms with Crippen molar-refractivity contribution in [2.24, 2.45) is 46.3 Å². The van der Waals surface area contributed by atoms with Gasteiger partial charge in [0.2, 0.25) is 7.59 Å². The Morgan fingerprint density at radius 3 is 1.05 bits per heavy atom. The summed E-state index contributed by atoms with van der Waals surface area (Å²) in [5, 5.41) is 0. The molecule has 0 aliphatic heterocycles. The van der Waals surface area contributed by atoms with Gasteiger partial charge in [-0.05, 0) is 73.8 Å². The molecule has 0 bridgehead atoms. The highest BCUT2D eigenvalue weighted by Gasteiger charge is 2.54. The first kappa shape index (κ1) is 77.7. The lowest BCUT2D eigenvalue weighted by molar-refractivity contribution is -0.152. The van der Waals surface area contributed by atoms with Crippen LogP contribution in [0.3, 0.4) is 0 Å². The molecule has 79 heavy (non-hydrogen) atoms. The lowest BCUT2D eigenvalue weighted by Gasteiger charge is -2.45. The predicted molar refractivity (Wildman–Crippen MR) is 327 cm³/mol. The average Bonchev–Trinajstić information content (AvgIpc) is 3.39. The van der Waals surface area contributed by atoms with Gasteiger partial charge in [0.05, 0.1) is 35.9 Å². The third-order valence-corrected chi connectivity index (χ3v) is 26.2. The molecule has 0 heterocycles. The van der Waals surface area contributed by atoms with Crippen molar-refractivity contribution in [2.45, 2.75) is 230 Å². The molecular weight excluding hydrogens is 1200 g/mol. The van der Waals surface area contributed by atoms with Crippen LogP contribution in [0.2, 0.25) is 36.3 Å². The summed E-state index contributed by atoms with van der Waals surface area (Å²) in [6, 6.07) is 4.17. The lowest BCUT2D eigenvalue weighted by atomic mass is 9.70. The molecule has 2 unspecified atom stereocenters. The highest BCUT2D eigenvalue weighted by molar-refractivity contribution is 7.90. The Labute approximate surface area is 511 Å². The van der Waals surface area contributed by atoms with Crippen LogP contribution in [0.15, 0.2) is 25.3 Å². The van der Waals surface area contributed by atoms with Crippen LogP contribution in [0.1, 0.15) is 162 Å². The van der Waals surface area contributed by atoms with E-state index in [1.54, 1.807) is 53.7 Å². The Hall–Kier alpha value is -1.26. The van der Waals surface area contributed by atoms with Gasteiger partial charge >= 0.3 is 24.2 Å². The molecule has 0 saturated heterocycles. The van der Waals surface area contributed by atoms with Gasteiger partial charge in [0, 0.05) is 10.8 Å². The second-order valence-electron chi connectivity index (χ2n) is 22.2. The minimum atomic E-state index is -2.62. The zero-order valence-corrected chi connectivity index (χ0v) is 57.4. The van der Waals surface area contributed by atoms with Gasteiger partial charge in [-0.2, -0.15) is 0 Å². The molecule has 0 aromatic heterocycles. The summed E-state index contributed by atoms with van der Waals surface area (Å²) in [6.07, 6.45) is 0.734. The van der Waals surface area contributed by atoms with E-state index in [-0.39, 0.29) is 36.7 Å². The lowest BCUT2D eigenvalue weighted by Crippen LogP contribution is -2.55. The predicted octanol–water partition coefficient (Wildman–Crippen LogP) is 17.7. The number of halogens is 6. The molecule has 0 aromatic rings. The highest BCUT2D eigenvalue weighted by atomic mass is 35.6. The van der Waals surface area contributed by atoms with Gasteiger partial charge < -0.3 is 36.2 Å². The van der Waals surface area contributed by atoms with Crippen LogP contribution in [0.4, 0.5) is 9.59 Å². The van der Waals surface area contributed by atoms with Crippen LogP contribution in [0.25, 0.3) is 0 Å². The van der Waals surface area contributed by atoms with Gasteiger partial charge in [-0.15, -0.1) is 13.2 Å². The quantitative estimate of drug-likeness (QED) is 0.0186. The summed E-state index contributed by atoms with van der Waals surface area (Å²) in [7, 11) is -5.25. The maximum atomic E-state index is 15.2. The molecule has 0 N–H and O–H groups in total. The van der Waals surface area contributed by atoms with Crippen LogP contribution in [-0.4, -0.2) is 97.7 Å². The summed E-state index contributed by atoms with van der Waals surface area (Å²) in [4.78, 5) is 86.2. The number of carbonyl (C=O) groups is 6. The zero-order valence-electron chi connectivity index (χ0n) is 50.0. The maximum Gasteiger partial charge on any atom is 0.508 e. The monoisotopic (exact) mass is 1290 g/mol. The summed E-state index contributed by atoms with van der Waals surface area (Å²) >= 11 is 35.3. The first-order valence-corrected chi connectivity index (χ1v) is 36.1. The molecule has 23 heteroatoms. The van der Waals surface area contributed by atoms with Crippen molar-refractivity contribution in [2.75, 3.05) is 13.2 Å². The summed E-state index contributed by atoms with van der Waals surface area (Å²) in [5.74, 6) is -7.00. The van der Waals surface area contributed by atoms with Crippen LogP contribution in [-0.2, 0) is 55.3 Å². The molecule has 0 saturated carbocycles. The van der Waals surface area contributed by atoms with Crippen molar-refractivity contribution in [3.63, 3.8) is 0 Å². The molecule has 0 radical (unpaired) electrons. The van der Waals surface area contributed by atoms with E-state index in [1.165, 1.54) is 0 Å². The third kappa shape index (κ3) is 25.1. The van der Waals surface area contributed by atoms with Crippen molar-refractivity contribution < 1.29 is 64.9 Å². The number of ether oxygens (including phenoxy) is 4. The van der Waals surface area contributed by atoms with E-state index in [9.17, 15) is 19.2 Å². The molecule has 0 aliphatic carbocycles. The zero-order chi connectivity index (χ0) is 61.3. The normalized spacial score (nSPS) is 16.6. The fraction of sp³-hybridized carbons (Fsp3) is 0.821. The number of hydrogen-bond donors (Lipinski definition) is 0. The molecule has 0 aliphatic rings. The summed E-state index contributed by atoms with van der Waals surface area (Å²) < 4.78 is 44.3. The highest BCUT2D eigenvalue weighted by Crippen LogP contribution is 2.44. The Morgan fingerprint density at radius 1 is 0.519 bits per heavy atom. The van der Waals surface area contributed by atoms with Gasteiger partial charge in [0.15, 0.2) is 16.6 Å². The van der Waals surface area contributed by atoms with Gasteiger partial charge in [0.25, 0.3) is 12.3 Å². The van der Waals surface area contributed by atoms with E-state index in [4.69, 9.17) is 106 Å². The van der Waals surface area contributed by atoms with Crippen molar-refractivity contribution >= 4 is 134 Å². The van der Waals surface area contributed by atoms with Crippen LogP contribution in [0, 0.1) is 46.3 Å². The van der Waals surface area contributed by atoms with Gasteiger partial charge in [0.1, 0.15) is 37.0 Å². The Bertz CT molecular complexity index is 1760. The molecule has 0 amide bonds. The van der Waals surface area contributed by atoms with Crippen LogP contribution < -0.4 is 0 Å². The fourth-order valence-corrected chi connectivity index (χ4v) is 17.1. The number of carbonyl (C=O) groups excluding carboxylic acids is 6. The Kier molecular flexibility index (Phi) is 36.0. The number of unbranched alkanes of at least 4 members (excludes halogenated alkanes) is 2. The second kappa shape index (κ2) is 36.6. The molecule has 0 aromatic carbocycles. The second-order valence-corrected chi connectivity index (χ2v) is 37.1. The topological polar surface area (TPSA) is 176 Å². The molecular formula is C56H96Cl6O14SSi2. The molecule has 10 atom stereocenters. The third-order valence-electron chi connectivity index (χ3n) is 15.8. The van der Waals surface area contributed by atoms with Crippen molar-refractivity contribution in [1.82, 2.24) is 0 Å². The largest absolute Gasteiger partial charge is 0.508 e. The fourth-order valence-electron chi connectivity index (χ4n) is 10.4. The van der Waals surface area contributed by atoms with Crippen molar-refractivity contribution in [3.8, 4) is 0 Å². The van der Waals surface area contributed by atoms with Gasteiger partial charge in [-0.1, -0.05) is 218 Å². The number of hydrogen-bond acceptors (Lipinski definition) is 15. The minimum Gasteiger partial charge on any atom is -0.430 e. The molecule has 0 fully saturated rings. The summed E-state index contributed by atoms with van der Waals surface area (Å²) in [5.41, 5.74) is -2.80. The molecule has 0 rings (SSSR count). The first-order chi connectivity index (χ1) is 36.6. The van der Waals surface area contributed by atoms with E-state index in [1.807, 2.05) is 69.2 Å². The number of rotatable bonds is 40. The molecule has 0 spiro atoms. The molecule has 14 nitrogen and oxygen atoms in total. The van der Waals surface area contributed by atoms with E-state index in [2.05, 4.69) is 13.2 Å². The Morgan fingerprint density at radius 2 is 0.810 bits per heavy atom. The van der Waals surface area contributed by atoms with E-state index >= 15 is 9.59 Å². The number of alkyl halides is 6. The molecule has 460 valence electrons. The van der Waals surface area contributed by atoms with E-state index in [0.29, 0.717) is 74.8 Å². The average molecular weight is 1290 g/mol. The Balaban J connectivity index is 7.63. The van der Waals surface area contributed by atoms with Crippen molar-refractivity contribution in [3.05, 3.63) is 25.3 Å². The van der Waals surface area contributed by atoms with Crippen molar-refractivity contribution in [1.29, 1.82) is 0 Å². The van der Waals surface area contributed by atoms with E-state index in [0.717, 1.165) is 0 Å². The number of allylic oxidation sites excluding steroid dienone is 2. The number of Topliss-reactive ketones (excluding diaryl/α,β-unsaturated/α-hetero) is 2. The van der Waals surface area contributed by atoms with Gasteiger partial charge in [-0.3, -0.25) is 19.2 Å². The first-order valence-electron chi connectivity index (χ1n) is 28.1. The van der Waals surface area contributed by atoms with Crippen LogP contribution >= 0.6 is 81.9 Å². The maximum absolute atomic E-state index is 15.2. The van der Waals surface area contributed by atoms with Gasteiger partial charge in [-0.25, -0.2) is 9.59 Å². The van der Waals surface area contributed by atoms with E-state index < -0.39 is 132 Å². The summed E-state index contributed by atoms with van der Waals surface area (Å²) in [6.45, 7) is 36.6. The van der Waals surface area contributed by atoms with Crippen LogP contribution in [0.5, 0.6) is 0 Å². The SMILES string of the molecule is C=CC[C@H](C)[C@H](OC(=O)OCC(Cl)(Cl)Cl)[C@@H](C)C(=O)C(C)(C)[C@H](O[Si](CC)(CC)CC)C(CCCC)C(=O)OSOC(=O)C(CCCC)[C@@H](O[Si](CC)(CC)CC)C(C)(C)C(=O)[C@H](C)[C@@H](OC(=O)OCC(Cl)(Cl)Cl)[C@@H](C)CC=C.